The highest BCUT2D eigenvalue weighted by atomic mass is 32.2. The number of nitrogens with two attached hydrogens (primary N) is 2. The van der Waals surface area contributed by atoms with E-state index in [-0.39, 0.29) is 0 Å². The standard InChI is InChI=1S/C12H19N3S/c1-16-12(5-2-6-12)8-15-9-3-4-10(13)11(14)7-9/h3-4,7,15H,2,5-6,8,13-14H2,1H3. The molecule has 0 radical (unpaired) electrons. The molecule has 1 saturated carbocycles. The van der Waals surface area contributed by atoms with Gasteiger partial charge in [0, 0.05) is 17.0 Å². The van der Waals surface area contributed by atoms with Crippen molar-refractivity contribution in [3.05, 3.63) is 18.2 Å². The molecule has 1 aromatic rings. The molecule has 4 heteroatoms. The maximum atomic E-state index is 5.77. The molecule has 0 aliphatic heterocycles. The van der Waals surface area contributed by atoms with Crippen LogP contribution in [0.1, 0.15) is 19.3 Å². The number of nitrogens with one attached hydrogen (secondary N) is 1. The summed E-state index contributed by atoms with van der Waals surface area (Å²) in [7, 11) is 0. The second kappa shape index (κ2) is 4.45. The van der Waals surface area contributed by atoms with Crippen LogP contribution in [0.2, 0.25) is 0 Å². The van der Waals surface area contributed by atoms with Crippen molar-refractivity contribution in [1.82, 2.24) is 0 Å². The van der Waals surface area contributed by atoms with Gasteiger partial charge in [0.25, 0.3) is 0 Å². The third-order valence-corrected chi connectivity index (χ3v) is 4.82. The van der Waals surface area contributed by atoms with Crippen LogP contribution in [0.15, 0.2) is 18.2 Å². The van der Waals surface area contributed by atoms with Crippen LogP contribution in [0.3, 0.4) is 0 Å². The van der Waals surface area contributed by atoms with Crippen molar-refractivity contribution >= 4 is 28.8 Å². The summed E-state index contributed by atoms with van der Waals surface area (Å²) >= 11 is 1.97. The van der Waals surface area contributed by atoms with Crippen molar-refractivity contribution in [3.8, 4) is 0 Å². The van der Waals surface area contributed by atoms with Crippen molar-refractivity contribution in [2.24, 2.45) is 0 Å². The zero-order valence-electron chi connectivity index (χ0n) is 9.62. The molecule has 0 aromatic heterocycles. The maximum Gasteiger partial charge on any atom is 0.0568 e. The summed E-state index contributed by atoms with van der Waals surface area (Å²) in [5.41, 5.74) is 13.8. The lowest BCUT2D eigenvalue weighted by Crippen LogP contribution is -2.40. The van der Waals surface area contributed by atoms with E-state index in [1.807, 2.05) is 30.0 Å². The molecular formula is C12H19N3S. The fraction of sp³-hybridized carbons (Fsp3) is 0.500. The monoisotopic (exact) mass is 237 g/mol. The minimum Gasteiger partial charge on any atom is -0.397 e. The van der Waals surface area contributed by atoms with Gasteiger partial charge in [-0.25, -0.2) is 0 Å². The van der Waals surface area contributed by atoms with Gasteiger partial charge in [-0.15, -0.1) is 0 Å². The number of rotatable bonds is 4. The fourth-order valence-electron chi connectivity index (χ4n) is 1.97. The second-order valence-electron chi connectivity index (χ2n) is 4.44. The molecular weight excluding hydrogens is 218 g/mol. The van der Waals surface area contributed by atoms with E-state index in [1.54, 1.807) is 0 Å². The molecule has 0 amide bonds. The van der Waals surface area contributed by atoms with Crippen LogP contribution in [-0.2, 0) is 0 Å². The van der Waals surface area contributed by atoms with Crippen molar-refractivity contribution in [1.29, 1.82) is 0 Å². The quantitative estimate of drug-likeness (QED) is 0.704. The number of anilines is 3. The number of thioether (sulfide) groups is 1. The summed E-state index contributed by atoms with van der Waals surface area (Å²) in [5.74, 6) is 0. The van der Waals surface area contributed by atoms with Gasteiger partial charge in [0.15, 0.2) is 0 Å². The zero-order valence-corrected chi connectivity index (χ0v) is 10.4. The molecule has 1 aliphatic carbocycles. The molecule has 0 bridgehead atoms. The Morgan fingerprint density at radius 1 is 1.31 bits per heavy atom. The van der Waals surface area contributed by atoms with Gasteiger partial charge < -0.3 is 16.8 Å². The van der Waals surface area contributed by atoms with Crippen molar-refractivity contribution in [2.45, 2.75) is 24.0 Å². The van der Waals surface area contributed by atoms with Crippen LogP contribution < -0.4 is 16.8 Å². The van der Waals surface area contributed by atoms with Crippen molar-refractivity contribution < 1.29 is 0 Å². The Morgan fingerprint density at radius 2 is 2.06 bits per heavy atom. The Bertz CT molecular complexity index is 369. The predicted octanol–water partition coefficient (Wildman–Crippen LogP) is 2.55. The molecule has 16 heavy (non-hydrogen) atoms. The van der Waals surface area contributed by atoms with E-state index in [4.69, 9.17) is 11.5 Å². The Morgan fingerprint density at radius 3 is 2.56 bits per heavy atom. The van der Waals surface area contributed by atoms with Crippen molar-refractivity contribution in [3.63, 3.8) is 0 Å². The summed E-state index contributed by atoms with van der Waals surface area (Å²) in [6.45, 7) is 1.01. The predicted molar refractivity (Wildman–Crippen MR) is 73.9 cm³/mol. The average Bonchev–Trinajstić information content (AvgIpc) is 2.22. The van der Waals surface area contributed by atoms with E-state index < -0.39 is 0 Å². The third-order valence-electron chi connectivity index (χ3n) is 3.40. The highest BCUT2D eigenvalue weighted by Crippen LogP contribution is 2.42. The van der Waals surface area contributed by atoms with Gasteiger partial charge in [0.1, 0.15) is 0 Å². The minimum absolute atomic E-state index is 0.441. The van der Waals surface area contributed by atoms with Gasteiger partial charge >= 0.3 is 0 Å². The molecule has 1 aliphatic rings. The summed E-state index contributed by atoms with van der Waals surface area (Å²) in [5, 5.41) is 3.45. The van der Waals surface area contributed by atoms with Crippen LogP contribution in [0.4, 0.5) is 17.1 Å². The number of benzene rings is 1. The largest absolute Gasteiger partial charge is 0.397 e. The molecule has 0 spiro atoms. The van der Waals surface area contributed by atoms with Crippen molar-refractivity contribution in [2.75, 3.05) is 29.6 Å². The molecule has 0 heterocycles. The van der Waals surface area contributed by atoms with Gasteiger partial charge in [0.2, 0.25) is 0 Å². The van der Waals surface area contributed by atoms with E-state index in [1.165, 1.54) is 19.3 Å². The first-order chi connectivity index (χ1) is 7.65. The van der Waals surface area contributed by atoms with Gasteiger partial charge in [-0.3, -0.25) is 0 Å². The Balaban J connectivity index is 1.96. The minimum atomic E-state index is 0.441. The summed E-state index contributed by atoms with van der Waals surface area (Å²) in [4.78, 5) is 0. The normalized spacial score (nSPS) is 17.8. The molecule has 3 nitrogen and oxygen atoms in total. The van der Waals surface area contributed by atoms with Gasteiger partial charge in [-0.05, 0) is 37.3 Å². The van der Waals surface area contributed by atoms with Crippen LogP contribution >= 0.6 is 11.8 Å². The second-order valence-corrected chi connectivity index (χ2v) is 5.71. The lowest BCUT2D eigenvalue weighted by atomic mass is 9.84. The van der Waals surface area contributed by atoms with E-state index >= 15 is 0 Å². The molecule has 1 aromatic carbocycles. The lowest BCUT2D eigenvalue weighted by Gasteiger charge is -2.40. The Kier molecular flexibility index (Phi) is 3.19. The van der Waals surface area contributed by atoms with E-state index in [2.05, 4.69) is 11.6 Å². The SMILES string of the molecule is CSC1(CNc2ccc(N)c(N)c2)CCC1. The molecule has 88 valence electrons. The van der Waals surface area contributed by atoms with E-state index in [0.29, 0.717) is 16.1 Å². The highest BCUT2D eigenvalue weighted by Gasteiger charge is 2.35. The first kappa shape index (κ1) is 11.5. The Labute approximate surface area is 101 Å². The van der Waals surface area contributed by atoms with Crippen LogP contribution in [0, 0.1) is 0 Å². The van der Waals surface area contributed by atoms with Crippen LogP contribution in [-0.4, -0.2) is 17.5 Å². The molecule has 5 N–H and O–H groups in total. The van der Waals surface area contributed by atoms with E-state index in [9.17, 15) is 0 Å². The van der Waals surface area contributed by atoms with Crippen LogP contribution in [0.25, 0.3) is 0 Å². The highest BCUT2D eigenvalue weighted by molar-refractivity contribution is 8.00. The summed E-state index contributed by atoms with van der Waals surface area (Å²) in [6.07, 6.45) is 6.17. The van der Waals surface area contributed by atoms with E-state index in [0.717, 1.165) is 12.2 Å². The molecule has 0 atom stereocenters. The third kappa shape index (κ3) is 2.21. The number of hydrogen-bond donors (Lipinski definition) is 3. The first-order valence-corrected chi connectivity index (χ1v) is 6.82. The first-order valence-electron chi connectivity index (χ1n) is 5.59. The van der Waals surface area contributed by atoms with Gasteiger partial charge in [-0.1, -0.05) is 6.42 Å². The zero-order chi connectivity index (χ0) is 11.6. The smallest absolute Gasteiger partial charge is 0.0568 e. The molecule has 1 fully saturated rings. The summed E-state index contributed by atoms with van der Waals surface area (Å²) < 4.78 is 0.441. The van der Waals surface area contributed by atoms with Gasteiger partial charge in [-0.2, -0.15) is 11.8 Å². The molecule has 2 rings (SSSR count). The number of hydrogen-bond acceptors (Lipinski definition) is 4. The number of nitrogen functional groups attached to an aromatic ring is 2. The summed E-state index contributed by atoms with van der Waals surface area (Å²) in [6, 6.07) is 5.74. The lowest BCUT2D eigenvalue weighted by molar-refractivity contribution is 0.380. The average molecular weight is 237 g/mol. The fourth-order valence-corrected chi connectivity index (χ4v) is 2.89. The maximum absolute atomic E-state index is 5.77. The molecule has 0 saturated heterocycles. The Hall–Kier alpha value is -1.03. The topological polar surface area (TPSA) is 64.1 Å². The molecule has 0 unspecified atom stereocenters. The van der Waals surface area contributed by atoms with Crippen LogP contribution in [0.5, 0.6) is 0 Å². The van der Waals surface area contributed by atoms with Gasteiger partial charge in [0.05, 0.1) is 11.4 Å².